The van der Waals surface area contributed by atoms with E-state index in [4.69, 9.17) is 4.74 Å². The van der Waals surface area contributed by atoms with Gasteiger partial charge in [-0.1, -0.05) is 21.6 Å². The van der Waals surface area contributed by atoms with Crippen LogP contribution in [0.1, 0.15) is 0 Å². The van der Waals surface area contributed by atoms with Crippen molar-refractivity contribution in [1.29, 1.82) is 0 Å². The molecule has 0 unspecified atom stereocenters. The third-order valence-electron chi connectivity index (χ3n) is 1.93. The molecule has 2 saturated heterocycles. The van der Waals surface area contributed by atoms with Crippen LogP contribution in [0.3, 0.4) is 0 Å². The van der Waals surface area contributed by atoms with Gasteiger partial charge in [0.1, 0.15) is 0 Å². The van der Waals surface area contributed by atoms with Gasteiger partial charge in [-0.2, -0.15) is 0 Å². The highest BCUT2D eigenvalue weighted by atomic mass is 33.1. The third kappa shape index (κ3) is 2.86. The second-order valence-electron chi connectivity index (χ2n) is 2.90. The number of rotatable bonds is 2. The van der Waals surface area contributed by atoms with Crippen LogP contribution in [-0.2, 0) is 4.74 Å². The monoisotopic (exact) mass is 191 g/mol. The Labute approximate surface area is 75.4 Å². The maximum atomic E-state index is 5.20. The Morgan fingerprint density at radius 3 is 2.45 bits per heavy atom. The van der Waals surface area contributed by atoms with Crippen LogP contribution in [0.5, 0.6) is 0 Å². The molecule has 0 N–H and O–H groups in total. The first-order chi connectivity index (χ1) is 5.45. The van der Waals surface area contributed by atoms with Gasteiger partial charge in [0.25, 0.3) is 0 Å². The molecule has 0 bridgehead atoms. The van der Waals surface area contributed by atoms with Crippen LogP contribution in [-0.4, -0.2) is 48.8 Å². The van der Waals surface area contributed by atoms with Crippen LogP contribution in [0, 0.1) is 0 Å². The summed E-state index contributed by atoms with van der Waals surface area (Å²) in [5.74, 6) is 2.55. The van der Waals surface area contributed by atoms with Gasteiger partial charge in [0, 0.05) is 31.1 Å². The zero-order valence-electron chi connectivity index (χ0n) is 6.49. The van der Waals surface area contributed by atoms with Crippen molar-refractivity contribution in [2.75, 3.05) is 37.7 Å². The van der Waals surface area contributed by atoms with Crippen molar-refractivity contribution in [1.82, 2.24) is 4.90 Å². The molecule has 0 amide bonds. The fourth-order valence-electron chi connectivity index (χ4n) is 1.21. The Hall–Kier alpha value is 0.620. The number of epoxide rings is 1. The van der Waals surface area contributed by atoms with Gasteiger partial charge >= 0.3 is 0 Å². The zero-order valence-corrected chi connectivity index (χ0v) is 8.12. The van der Waals surface area contributed by atoms with Crippen LogP contribution < -0.4 is 0 Å². The lowest BCUT2D eigenvalue weighted by atomic mass is 10.4. The highest BCUT2D eigenvalue weighted by Crippen LogP contribution is 2.24. The molecule has 2 heterocycles. The minimum atomic E-state index is 0.572. The van der Waals surface area contributed by atoms with Crippen molar-refractivity contribution in [2.45, 2.75) is 6.10 Å². The number of hydrogen-bond acceptors (Lipinski definition) is 4. The highest BCUT2D eigenvalue weighted by molar-refractivity contribution is 8.76. The molecule has 2 aliphatic rings. The molecule has 2 fully saturated rings. The molecule has 0 aliphatic carbocycles. The maximum absolute atomic E-state index is 5.20. The Morgan fingerprint density at radius 1 is 1.27 bits per heavy atom. The molecule has 2 aliphatic heterocycles. The molecule has 11 heavy (non-hydrogen) atoms. The molecule has 2 rings (SSSR count). The van der Waals surface area contributed by atoms with Gasteiger partial charge < -0.3 is 4.74 Å². The van der Waals surface area contributed by atoms with E-state index in [1.807, 2.05) is 21.6 Å². The first-order valence-electron chi connectivity index (χ1n) is 4.03. The van der Waals surface area contributed by atoms with E-state index >= 15 is 0 Å². The van der Waals surface area contributed by atoms with Gasteiger partial charge in [0.15, 0.2) is 0 Å². The summed E-state index contributed by atoms with van der Waals surface area (Å²) >= 11 is 0. The average molecular weight is 191 g/mol. The van der Waals surface area contributed by atoms with Crippen LogP contribution in [0.2, 0.25) is 0 Å². The van der Waals surface area contributed by atoms with Crippen LogP contribution in [0.25, 0.3) is 0 Å². The summed E-state index contributed by atoms with van der Waals surface area (Å²) in [4.78, 5) is 2.52. The van der Waals surface area contributed by atoms with Crippen LogP contribution in [0.4, 0.5) is 0 Å². The van der Waals surface area contributed by atoms with Crippen molar-refractivity contribution in [2.24, 2.45) is 0 Å². The summed E-state index contributed by atoms with van der Waals surface area (Å²) in [7, 11) is 4.00. The largest absolute Gasteiger partial charge is 0.372 e. The van der Waals surface area contributed by atoms with Crippen molar-refractivity contribution < 1.29 is 4.74 Å². The highest BCUT2D eigenvalue weighted by Gasteiger charge is 2.25. The molecular weight excluding hydrogens is 178 g/mol. The van der Waals surface area contributed by atoms with Crippen molar-refractivity contribution in [3.8, 4) is 0 Å². The summed E-state index contributed by atoms with van der Waals surface area (Å²) in [6.45, 7) is 4.66. The van der Waals surface area contributed by atoms with Gasteiger partial charge in [0.05, 0.1) is 12.7 Å². The fourth-order valence-corrected chi connectivity index (χ4v) is 3.26. The lowest BCUT2D eigenvalue weighted by Gasteiger charge is -2.16. The van der Waals surface area contributed by atoms with E-state index in [0.717, 1.165) is 6.61 Å². The van der Waals surface area contributed by atoms with E-state index in [0.29, 0.717) is 6.10 Å². The van der Waals surface area contributed by atoms with E-state index in [-0.39, 0.29) is 0 Å². The standard InChI is InChI=1S/C7H13NOS2/c1-3-10-11-4-2-8(1)5-7-6-9-7/h7H,1-6H2/t7-/m1/s1. The van der Waals surface area contributed by atoms with E-state index in [2.05, 4.69) is 4.90 Å². The first-order valence-corrected chi connectivity index (χ1v) is 6.52. The number of hydrogen-bond donors (Lipinski definition) is 0. The maximum Gasteiger partial charge on any atom is 0.0936 e. The number of nitrogens with zero attached hydrogens (tertiary/aromatic N) is 1. The third-order valence-corrected chi connectivity index (χ3v) is 4.29. The molecule has 2 nitrogen and oxygen atoms in total. The summed E-state index contributed by atoms with van der Waals surface area (Å²) in [5, 5.41) is 0. The summed E-state index contributed by atoms with van der Waals surface area (Å²) in [5.41, 5.74) is 0. The molecule has 64 valence electrons. The topological polar surface area (TPSA) is 15.8 Å². The zero-order chi connectivity index (χ0) is 7.52. The van der Waals surface area contributed by atoms with E-state index in [9.17, 15) is 0 Å². The van der Waals surface area contributed by atoms with E-state index < -0.39 is 0 Å². The SMILES string of the molecule is C1CN(C[C@@H]2CO2)CCSS1. The average Bonchev–Trinajstić information content (AvgIpc) is 2.77. The van der Waals surface area contributed by atoms with Gasteiger partial charge in [0.2, 0.25) is 0 Å². The smallest absolute Gasteiger partial charge is 0.0936 e. The normalized spacial score (nSPS) is 33.3. The fraction of sp³-hybridized carbons (Fsp3) is 1.00. The van der Waals surface area contributed by atoms with E-state index in [1.54, 1.807) is 0 Å². The second kappa shape index (κ2) is 4.03. The number of ether oxygens (including phenoxy) is 1. The minimum Gasteiger partial charge on any atom is -0.372 e. The Balaban J connectivity index is 1.71. The molecule has 0 aromatic heterocycles. The lowest BCUT2D eigenvalue weighted by molar-refractivity contribution is 0.267. The van der Waals surface area contributed by atoms with Crippen LogP contribution >= 0.6 is 21.6 Å². The van der Waals surface area contributed by atoms with Crippen molar-refractivity contribution in [3.63, 3.8) is 0 Å². The molecule has 0 spiro atoms. The minimum absolute atomic E-state index is 0.572. The summed E-state index contributed by atoms with van der Waals surface area (Å²) < 4.78 is 5.20. The Kier molecular flexibility index (Phi) is 3.01. The molecular formula is C7H13NOS2. The molecule has 0 aromatic rings. The molecule has 0 saturated carbocycles. The van der Waals surface area contributed by atoms with Gasteiger partial charge in [-0.25, -0.2) is 0 Å². The first kappa shape index (κ1) is 8.23. The van der Waals surface area contributed by atoms with Gasteiger partial charge in [-0.05, 0) is 0 Å². The van der Waals surface area contributed by atoms with Gasteiger partial charge in [-0.3, -0.25) is 4.90 Å². The predicted molar refractivity (Wildman–Crippen MR) is 51.1 cm³/mol. The second-order valence-corrected chi connectivity index (χ2v) is 5.60. The van der Waals surface area contributed by atoms with Crippen molar-refractivity contribution >= 4 is 21.6 Å². The molecule has 4 heteroatoms. The molecule has 0 aromatic carbocycles. The summed E-state index contributed by atoms with van der Waals surface area (Å²) in [6, 6.07) is 0. The van der Waals surface area contributed by atoms with E-state index in [1.165, 1.54) is 31.1 Å². The van der Waals surface area contributed by atoms with Crippen molar-refractivity contribution in [3.05, 3.63) is 0 Å². The molecule has 1 atom stereocenters. The van der Waals surface area contributed by atoms with Gasteiger partial charge in [-0.15, -0.1) is 0 Å². The Bertz CT molecular complexity index is 122. The lowest BCUT2D eigenvalue weighted by Crippen LogP contribution is -2.30. The predicted octanol–water partition coefficient (Wildman–Crippen LogP) is 1.08. The summed E-state index contributed by atoms with van der Waals surface area (Å²) in [6.07, 6.45) is 0.572. The quantitative estimate of drug-likeness (QED) is 0.479. The Morgan fingerprint density at radius 2 is 1.91 bits per heavy atom. The van der Waals surface area contributed by atoms with Crippen LogP contribution in [0.15, 0.2) is 0 Å². The molecule has 0 radical (unpaired) electrons.